The zero-order chi connectivity index (χ0) is 18.7. The Labute approximate surface area is 152 Å². The zero-order valence-electron chi connectivity index (χ0n) is 15.2. The van der Waals surface area contributed by atoms with E-state index >= 15 is 0 Å². The molecule has 3 rings (SSSR count). The smallest absolute Gasteiger partial charge is 0.276 e. The number of hydrogen-bond acceptors (Lipinski definition) is 4. The van der Waals surface area contributed by atoms with E-state index in [1.54, 1.807) is 38.1 Å². The van der Waals surface area contributed by atoms with E-state index in [1.807, 2.05) is 43.3 Å². The van der Waals surface area contributed by atoms with Gasteiger partial charge in [-0.1, -0.05) is 17.7 Å². The van der Waals surface area contributed by atoms with Crippen LogP contribution in [0.15, 0.2) is 48.5 Å². The molecule has 0 radical (unpaired) electrons. The Morgan fingerprint density at radius 3 is 2.42 bits per heavy atom. The van der Waals surface area contributed by atoms with Gasteiger partial charge in [0.25, 0.3) is 5.91 Å². The Bertz CT molecular complexity index is 930. The summed E-state index contributed by atoms with van der Waals surface area (Å²) in [6.07, 6.45) is 0. The molecule has 1 N–H and O–H groups in total. The van der Waals surface area contributed by atoms with Crippen molar-refractivity contribution in [2.45, 2.75) is 6.92 Å². The lowest BCUT2D eigenvalue weighted by Crippen LogP contribution is -2.12. The van der Waals surface area contributed by atoms with E-state index < -0.39 is 0 Å². The normalized spacial score (nSPS) is 10.5. The lowest BCUT2D eigenvalue weighted by Gasteiger charge is -2.10. The third kappa shape index (κ3) is 3.54. The van der Waals surface area contributed by atoms with Crippen molar-refractivity contribution in [1.29, 1.82) is 0 Å². The molecular formula is C20H21N3O3. The Kier molecular flexibility index (Phi) is 4.93. The number of nitrogens with zero attached hydrogens (tertiary/aromatic N) is 2. The number of hydrogen-bond donors (Lipinski definition) is 1. The fraction of sp³-hybridized carbons (Fsp3) is 0.200. The Morgan fingerprint density at radius 1 is 1.04 bits per heavy atom. The average Bonchev–Trinajstić information content (AvgIpc) is 3.04. The molecule has 0 bridgehead atoms. The number of methoxy groups -OCH3 is 2. The number of anilines is 1. The van der Waals surface area contributed by atoms with Gasteiger partial charge in [0.2, 0.25) is 0 Å². The molecule has 0 fully saturated rings. The van der Waals surface area contributed by atoms with E-state index in [4.69, 9.17) is 9.47 Å². The summed E-state index contributed by atoms with van der Waals surface area (Å²) in [5.74, 6) is 1.09. The van der Waals surface area contributed by atoms with E-state index in [-0.39, 0.29) is 5.91 Å². The minimum absolute atomic E-state index is 0.261. The first-order valence-corrected chi connectivity index (χ1v) is 8.16. The monoisotopic (exact) mass is 351 g/mol. The molecule has 0 saturated heterocycles. The number of amides is 1. The molecule has 134 valence electrons. The van der Waals surface area contributed by atoms with Gasteiger partial charge in [0.05, 0.1) is 19.9 Å². The summed E-state index contributed by atoms with van der Waals surface area (Å²) >= 11 is 0. The summed E-state index contributed by atoms with van der Waals surface area (Å²) in [7, 11) is 4.99. The molecule has 1 heterocycles. The average molecular weight is 351 g/mol. The fourth-order valence-electron chi connectivity index (χ4n) is 2.67. The van der Waals surface area contributed by atoms with Crippen molar-refractivity contribution >= 4 is 11.6 Å². The molecule has 1 aromatic heterocycles. The van der Waals surface area contributed by atoms with Crippen molar-refractivity contribution in [1.82, 2.24) is 9.78 Å². The molecule has 26 heavy (non-hydrogen) atoms. The van der Waals surface area contributed by atoms with Crippen LogP contribution in [0.3, 0.4) is 0 Å². The molecule has 0 unspecified atom stereocenters. The maximum Gasteiger partial charge on any atom is 0.276 e. The standard InChI is InChI=1S/C20H21N3O3/c1-13-5-7-14(8-6-13)21-20(24)17-12-18(23(2)22-17)16-10-9-15(25-3)11-19(16)26-4/h5-12H,1-4H3,(H,21,24). The van der Waals surface area contributed by atoms with Gasteiger partial charge in [-0.25, -0.2) is 0 Å². The number of rotatable bonds is 5. The first-order valence-electron chi connectivity index (χ1n) is 8.16. The second-order valence-electron chi connectivity index (χ2n) is 5.92. The molecule has 0 atom stereocenters. The van der Waals surface area contributed by atoms with Gasteiger partial charge in [-0.2, -0.15) is 5.10 Å². The molecule has 6 nitrogen and oxygen atoms in total. The van der Waals surface area contributed by atoms with Gasteiger partial charge in [-0.15, -0.1) is 0 Å². The Hall–Kier alpha value is -3.28. The minimum Gasteiger partial charge on any atom is -0.497 e. The van der Waals surface area contributed by atoms with Crippen LogP contribution < -0.4 is 14.8 Å². The highest BCUT2D eigenvalue weighted by Crippen LogP contribution is 2.33. The fourth-order valence-corrected chi connectivity index (χ4v) is 2.67. The number of benzene rings is 2. The van der Waals surface area contributed by atoms with Crippen LogP contribution >= 0.6 is 0 Å². The van der Waals surface area contributed by atoms with Crippen LogP contribution in [-0.4, -0.2) is 29.9 Å². The molecule has 0 aliphatic carbocycles. The maximum atomic E-state index is 12.5. The van der Waals surface area contributed by atoms with E-state index in [1.165, 1.54) is 0 Å². The first-order chi connectivity index (χ1) is 12.5. The van der Waals surface area contributed by atoms with Crippen LogP contribution in [-0.2, 0) is 7.05 Å². The quantitative estimate of drug-likeness (QED) is 0.762. The van der Waals surface area contributed by atoms with Crippen LogP contribution in [0.2, 0.25) is 0 Å². The van der Waals surface area contributed by atoms with Crippen molar-refractivity contribution < 1.29 is 14.3 Å². The van der Waals surface area contributed by atoms with Crippen molar-refractivity contribution in [3.05, 3.63) is 59.8 Å². The molecule has 0 saturated carbocycles. The summed E-state index contributed by atoms with van der Waals surface area (Å²) in [6.45, 7) is 2.00. The topological polar surface area (TPSA) is 65.4 Å². The highest BCUT2D eigenvalue weighted by atomic mass is 16.5. The Balaban J connectivity index is 1.89. The van der Waals surface area contributed by atoms with Gasteiger partial charge in [0.15, 0.2) is 5.69 Å². The number of nitrogens with one attached hydrogen (secondary N) is 1. The summed E-state index contributed by atoms with van der Waals surface area (Å²) in [6, 6.07) is 14.9. The lowest BCUT2D eigenvalue weighted by molar-refractivity contribution is 0.102. The van der Waals surface area contributed by atoms with Gasteiger partial charge in [-0.05, 0) is 37.3 Å². The van der Waals surface area contributed by atoms with Crippen molar-refractivity contribution in [3.63, 3.8) is 0 Å². The largest absolute Gasteiger partial charge is 0.497 e. The molecular weight excluding hydrogens is 330 g/mol. The van der Waals surface area contributed by atoms with Crippen LogP contribution in [0.1, 0.15) is 16.1 Å². The van der Waals surface area contributed by atoms with Crippen LogP contribution in [0, 0.1) is 6.92 Å². The number of ether oxygens (including phenoxy) is 2. The molecule has 0 aliphatic rings. The van der Waals surface area contributed by atoms with Crippen molar-refractivity contribution in [3.8, 4) is 22.8 Å². The van der Waals surface area contributed by atoms with E-state index in [2.05, 4.69) is 10.4 Å². The van der Waals surface area contributed by atoms with Gasteiger partial charge < -0.3 is 14.8 Å². The van der Waals surface area contributed by atoms with E-state index in [0.29, 0.717) is 17.2 Å². The summed E-state index contributed by atoms with van der Waals surface area (Å²) in [5, 5.41) is 7.19. The first kappa shape index (κ1) is 17.5. The van der Waals surface area contributed by atoms with Crippen molar-refractivity contribution in [2.24, 2.45) is 7.05 Å². The zero-order valence-corrected chi connectivity index (χ0v) is 15.2. The highest BCUT2D eigenvalue weighted by Gasteiger charge is 2.17. The third-order valence-electron chi connectivity index (χ3n) is 4.11. The van der Waals surface area contributed by atoms with Gasteiger partial charge in [-0.3, -0.25) is 9.48 Å². The van der Waals surface area contributed by atoms with Gasteiger partial charge in [0.1, 0.15) is 11.5 Å². The number of carbonyl (C=O) groups excluding carboxylic acids is 1. The molecule has 3 aromatic rings. The van der Waals surface area contributed by atoms with Crippen LogP contribution in [0.5, 0.6) is 11.5 Å². The molecule has 2 aromatic carbocycles. The predicted molar refractivity (Wildman–Crippen MR) is 101 cm³/mol. The van der Waals surface area contributed by atoms with Gasteiger partial charge in [0, 0.05) is 24.4 Å². The summed E-state index contributed by atoms with van der Waals surface area (Å²) in [4.78, 5) is 12.5. The van der Waals surface area contributed by atoms with Crippen LogP contribution in [0.4, 0.5) is 5.69 Å². The number of aryl methyl sites for hydroxylation is 2. The molecule has 1 amide bonds. The molecule has 0 spiro atoms. The summed E-state index contributed by atoms with van der Waals surface area (Å²) in [5.41, 5.74) is 3.81. The Morgan fingerprint density at radius 2 is 1.77 bits per heavy atom. The highest BCUT2D eigenvalue weighted by molar-refractivity contribution is 6.03. The second-order valence-corrected chi connectivity index (χ2v) is 5.92. The van der Waals surface area contributed by atoms with Crippen molar-refractivity contribution in [2.75, 3.05) is 19.5 Å². The third-order valence-corrected chi connectivity index (χ3v) is 4.11. The SMILES string of the molecule is COc1ccc(-c2cc(C(=O)Nc3ccc(C)cc3)nn2C)c(OC)c1. The van der Waals surface area contributed by atoms with Crippen LogP contribution in [0.25, 0.3) is 11.3 Å². The lowest BCUT2D eigenvalue weighted by atomic mass is 10.1. The molecule has 0 aliphatic heterocycles. The minimum atomic E-state index is -0.261. The predicted octanol–water partition coefficient (Wildman–Crippen LogP) is 3.67. The second kappa shape index (κ2) is 7.31. The van der Waals surface area contributed by atoms with Gasteiger partial charge >= 0.3 is 0 Å². The number of carbonyl (C=O) groups is 1. The number of aromatic nitrogens is 2. The molecule has 6 heteroatoms. The summed E-state index contributed by atoms with van der Waals surface area (Å²) < 4.78 is 12.3. The maximum absolute atomic E-state index is 12.5. The van der Waals surface area contributed by atoms with E-state index in [9.17, 15) is 4.79 Å². The van der Waals surface area contributed by atoms with E-state index in [0.717, 1.165) is 22.5 Å².